The Kier molecular flexibility index (Phi) is 2.81. The molecule has 0 amide bonds. The zero-order valence-corrected chi connectivity index (χ0v) is 14.4. The van der Waals surface area contributed by atoms with Crippen molar-refractivity contribution in [3.63, 3.8) is 0 Å². The summed E-state index contributed by atoms with van der Waals surface area (Å²) in [6.07, 6.45) is 9.09. The minimum absolute atomic E-state index is 0.382. The molecular formula is C26H18. The average molecular weight is 330 g/mol. The van der Waals surface area contributed by atoms with Gasteiger partial charge in [-0.05, 0) is 43.8 Å². The van der Waals surface area contributed by atoms with Gasteiger partial charge in [0.05, 0.1) is 0 Å². The van der Waals surface area contributed by atoms with E-state index in [0.29, 0.717) is 11.8 Å². The molecule has 3 aliphatic rings. The van der Waals surface area contributed by atoms with Crippen molar-refractivity contribution in [3.8, 4) is 11.1 Å². The molecule has 3 aromatic carbocycles. The normalized spacial score (nSPS) is 21.4. The molecular weight excluding hydrogens is 312 g/mol. The van der Waals surface area contributed by atoms with E-state index >= 15 is 0 Å². The largest absolute Gasteiger partial charge is 0.0760 e. The Bertz CT molecular complexity index is 1240. The molecule has 0 heterocycles. The summed E-state index contributed by atoms with van der Waals surface area (Å²) in [5.41, 5.74) is 8.54. The Labute approximate surface area is 153 Å². The van der Waals surface area contributed by atoms with E-state index in [0.717, 1.165) is 0 Å². The molecule has 0 saturated heterocycles. The van der Waals surface area contributed by atoms with Crippen molar-refractivity contribution in [2.45, 2.75) is 5.92 Å². The second-order valence-corrected chi connectivity index (χ2v) is 7.29. The first-order valence-corrected chi connectivity index (χ1v) is 9.30. The van der Waals surface area contributed by atoms with Crippen LogP contribution < -0.4 is 10.4 Å². The minimum Gasteiger partial charge on any atom is -0.0760 e. The predicted molar refractivity (Wildman–Crippen MR) is 108 cm³/mol. The van der Waals surface area contributed by atoms with Crippen LogP contribution in [0.5, 0.6) is 0 Å². The summed E-state index contributed by atoms with van der Waals surface area (Å²) in [4.78, 5) is 0. The molecule has 3 aromatic rings. The molecule has 0 heteroatoms. The molecule has 0 spiro atoms. The van der Waals surface area contributed by atoms with Gasteiger partial charge >= 0.3 is 0 Å². The molecule has 3 aliphatic carbocycles. The number of rotatable bonds is 0. The van der Waals surface area contributed by atoms with Crippen molar-refractivity contribution in [2.75, 3.05) is 0 Å². The first-order chi connectivity index (χ1) is 12.9. The summed E-state index contributed by atoms with van der Waals surface area (Å²) in [7, 11) is 0. The fraction of sp³-hybridized carbons (Fsp3) is 0.0769. The third-order valence-corrected chi connectivity index (χ3v) is 6.07. The molecule has 122 valence electrons. The topological polar surface area (TPSA) is 0 Å². The van der Waals surface area contributed by atoms with Crippen LogP contribution in [0, 0.1) is 5.92 Å². The van der Waals surface area contributed by atoms with E-state index in [9.17, 15) is 0 Å². The smallest absolute Gasteiger partial charge is 0.0212 e. The van der Waals surface area contributed by atoms with Crippen LogP contribution in [0.1, 0.15) is 17.0 Å². The summed E-state index contributed by atoms with van der Waals surface area (Å²) in [6.45, 7) is 0. The summed E-state index contributed by atoms with van der Waals surface area (Å²) in [5.74, 6) is 0.784. The van der Waals surface area contributed by atoms with Crippen molar-refractivity contribution >= 4 is 11.1 Å². The van der Waals surface area contributed by atoms with E-state index < -0.39 is 0 Å². The molecule has 0 fully saturated rings. The van der Waals surface area contributed by atoms with Gasteiger partial charge in [-0.25, -0.2) is 0 Å². The van der Waals surface area contributed by atoms with E-state index in [1.807, 2.05) is 0 Å². The van der Waals surface area contributed by atoms with Gasteiger partial charge in [0, 0.05) is 11.8 Å². The highest BCUT2D eigenvalue weighted by molar-refractivity contribution is 5.93. The van der Waals surface area contributed by atoms with Crippen LogP contribution in [0.4, 0.5) is 0 Å². The number of hydrogen-bond donors (Lipinski definition) is 0. The lowest BCUT2D eigenvalue weighted by molar-refractivity contribution is 0.721. The van der Waals surface area contributed by atoms with Crippen molar-refractivity contribution < 1.29 is 0 Å². The van der Waals surface area contributed by atoms with E-state index in [-0.39, 0.29) is 0 Å². The Balaban J connectivity index is 1.86. The van der Waals surface area contributed by atoms with Gasteiger partial charge < -0.3 is 0 Å². The maximum atomic E-state index is 2.39. The predicted octanol–water partition coefficient (Wildman–Crippen LogP) is 4.56. The SMILES string of the molecule is C1=CC2=c3ccccc3=C3c4ccccc4-c4ccccc4C3C2C=C1. The van der Waals surface area contributed by atoms with Crippen LogP contribution in [0.15, 0.2) is 97.1 Å². The van der Waals surface area contributed by atoms with Gasteiger partial charge in [-0.1, -0.05) is 97.1 Å². The molecule has 6 rings (SSSR count). The van der Waals surface area contributed by atoms with Crippen LogP contribution in [0.25, 0.3) is 22.3 Å². The highest BCUT2D eigenvalue weighted by Crippen LogP contribution is 2.51. The van der Waals surface area contributed by atoms with Gasteiger partial charge in [0.15, 0.2) is 0 Å². The van der Waals surface area contributed by atoms with E-state index in [2.05, 4.69) is 97.1 Å². The van der Waals surface area contributed by atoms with Crippen LogP contribution in [0.3, 0.4) is 0 Å². The lowest BCUT2D eigenvalue weighted by Crippen LogP contribution is -2.40. The first-order valence-electron chi connectivity index (χ1n) is 9.30. The fourth-order valence-electron chi connectivity index (χ4n) is 5.06. The van der Waals surface area contributed by atoms with Crippen LogP contribution in [-0.2, 0) is 0 Å². The lowest BCUT2D eigenvalue weighted by Gasteiger charge is -2.38. The second-order valence-electron chi connectivity index (χ2n) is 7.29. The van der Waals surface area contributed by atoms with Gasteiger partial charge in [0.2, 0.25) is 0 Å². The molecule has 0 N–H and O–H groups in total. The Hall–Kier alpha value is -3.12. The Morgan fingerprint density at radius 1 is 0.577 bits per heavy atom. The van der Waals surface area contributed by atoms with Crippen molar-refractivity contribution in [1.29, 1.82) is 0 Å². The third kappa shape index (κ3) is 1.74. The average Bonchev–Trinajstić information content (AvgIpc) is 2.73. The van der Waals surface area contributed by atoms with Gasteiger partial charge in [0.1, 0.15) is 0 Å². The summed E-state index contributed by atoms with van der Waals surface area (Å²) in [5, 5.41) is 2.78. The molecule has 0 saturated carbocycles. The standard InChI is InChI=1S/C26H18/c1-5-13-21-17(9-1)18-10-2-6-14-22(18)26-24-16-8-4-12-20(24)19-11-3-7-15-23(19)25(21)26/h1-16,21,25H. The summed E-state index contributed by atoms with van der Waals surface area (Å²) >= 11 is 0. The molecule has 0 nitrogen and oxygen atoms in total. The number of benzene rings is 3. The molecule has 0 bridgehead atoms. The van der Waals surface area contributed by atoms with Gasteiger partial charge in [-0.2, -0.15) is 0 Å². The molecule has 2 atom stereocenters. The maximum Gasteiger partial charge on any atom is 0.0212 e. The number of hydrogen-bond acceptors (Lipinski definition) is 0. The van der Waals surface area contributed by atoms with Gasteiger partial charge in [-0.3, -0.25) is 0 Å². The van der Waals surface area contributed by atoms with E-state index in [4.69, 9.17) is 0 Å². The van der Waals surface area contributed by atoms with Gasteiger partial charge in [-0.15, -0.1) is 0 Å². The fourth-order valence-corrected chi connectivity index (χ4v) is 5.06. The molecule has 0 aromatic heterocycles. The quantitative estimate of drug-likeness (QED) is 0.567. The van der Waals surface area contributed by atoms with Crippen molar-refractivity contribution in [1.82, 2.24) is 0 Å². The maximum absolute atomic E-state index is 2.39. The van der Waals surface area contributed by atoms with E-state index in [1.54, 1.807) is 0 Å². The molecule has 26 heavy (non-hydrogen) atoms. The zero-order chi connectivity index (χ0) is 17.1. The zero-order valence-electron chi connectivity index (χ0n) is 14.4. The van der Waals surface area contributed by atoms with Crippen LogP contribution in [-0.4, -0.2) is 0 Å². The monoisotopic (exact) mass is 330 g/mol. The first kappa shape index (κ1) is 14.1. The molecule has 0 aliphatic heterocycles. The van der Waals surface area contributed by atoms with Crippen LogP contribution in [0.2, 0.25) is 0 Å². The number of allylic oxidation sites excluding steroid dienone is 4. The van der Waals surface area contributed by atoms with Gasteiger partial charge in [0.25, 0.3) is 0 Å². The van der Waals surface area contributed by atoms with Crippen LogP contribution >= 0.6 is 0 Å². The molecule has 0 radical (unpaired) electrons. The minimum atomic E-state index is 0.382. The second kappa shape index (κ2) is 5.19. The summed E-state index contributed by atoms with van der Waals surface area (Å²) < 4.78 is 0. The summed E-state index contributed by atoms with van der Waals surface area (Å²) in [6, 6.07) is 26.8. The highest BCUT2D eigenvalue weighted by Gasteiger charge is 2.37. The third-order valence-electron chi connectivity index (χ3n) is 6.07. The number of fused-ring (bicyclic) bond motifs is 9. The lowest BCUT2D eigenvalue weighted by atomic mass is 9.64. The van der Waals surface area contributed by atoms with Crippen molar-refractivity contribution in [3.05, 3.63) is 119 Å². The Morgan fingerprint density at radius 3 is 2.15 bits per heavy atom. The molecule has 2 unspecified atom stereocenters. The van der Waals surface area contributed by atoms with E-state index in [1.165, 1.54) is 43.8 Å². The Morgan fingerprint density at radius 2 is 1.27 bits per heavy atom. The highest BCUT2D eigenvalue weighted by atomic mass is 14.4. The van der Waals surface area contributed by atoms with Crippen molar-refractivity contribution in [2.24, 2.45) is 5.92 Å².